The van der Waals surface area contributed by atoms with Gasteiger partial charge in [0.05, 0.1) is 15.8 Å². The van der Waals surface area contributed by atoms with Crippen LogP contribution in [0.4, 0.5) is 5.13 Å². The second-order valence-corrected chi connectivity index (χ2v) is 8.27. The van der Waals surface area contributed by atoms with Crippen molar-refractivity contribution < 1.29 is 4.79 Å². The van der Waals surface area contributed by atoms with Gasteiger partial charge in [0.1, 0.15) is 5.69 Å². The Morgan fingerprint density at radius 3 is 2.93 bits per heavy atom. The zero-order valence-corrected chi connectivity index (χ0v) is 17.1. The Bertz CT molecular complexity index is 1040. The molecule has 2 aromatic heterocycles. The summed E-state index contributed by atoms with van der Waals surface area (Å²) in [5.74, 6) is -0.187. The number of carbonyl (C=O) groups is 1. The van der Waals surface area contributed by atoms with E-state index in [2.05, 4.69) is 25.5 Å². The van der Waals surface area contributed by atoms with E-state index in [1.165, 1.54) is 11.3 Å². The number of amides is 1. The van der Waals surface area contributed by atoms with Crippen LogP contribution >= 0.6 is 46.3 Å². The van der Waals surface area contributed by atoms with Crippen LogP contribution in [0, 0.1) is 6.92 Å². The third kappa shape index (κ3) is 5.29. The van der Waals surface area contributed by atoms with Gasteiger partial charge in [-0.15, -0.1) is 21.5 Å². The summed E-state index contributed by atoms with van der Waals surface area (Å²) in [5, 5.41) is 12.1. The summed E-state index contributed by atoms with van der Waals surface area (Å²) in [6.45, 7) is 1.56. The quantitative estimate of drug-likeness (QED) is 0.567. The Kier molecular flexibility index (Phi) is 6.48. The highest BCUT2D eigenvalue weighted by Crippen LogP contribution is 2.29. The predicted molar refractivity (Wildman–Crippen MR) is 108 cm³/mol. The summed E-state index contributed by atoms with van der Waals surface area (Å²) in [6.07, 6.45) is 2.26. The van der Waals surface area contributed by atoms with E-state index in [1.54, 1.807) is 19.2 Å². The van der Waals surface area contributed by atoms with Crippen LogP contribution in [-0.4, -0.2) is 31.8 Å². The summed E-state index contributed by atoms with van der Waals surface area (Å²) < 4.78 is 0. The average Bonchev–Trinajstić information content (AvgIpc) is 3.07. The van der Waals surface area contributed by atoms with Gasteiger partial charge in [0.2, 0.25) is 5.91 Å². The molecule has 0 aliphatic carbocycles. The molecule has 27 heavy (non-hydrogen) atoms. The molecule has 0 fully saturated rings. The minimum atomic E-state index is -0.322. The molecule has 0 aliphatic heterocycles. The van der Waals surface area contributed by atoms with Crippen molar-refractivity contribution in [2.24, 2.45) is 0 Å². The fourth-order valence-corrected chi connectivity index (χ4v) is 3.89. The topological polar surface area (TPSA) is 101 Å². The number of hydrogen-bond donors (Lipinski definition) is 2. The van der Waals surface area contributed by atoms with Crippen LogP contribution in [-0.2, 0) is 11.2 Å². The van der Waals surface area contributed by atoms with Gasteiger partial charge in [0, 0.05) is 17.5 Å². The van der Waals surface area contributed by atoms with Crippen molar-refractivity contribution in [1.82, 2.24) is 20.2 Å². The van der Waals surface area contributed by atoms with E-state index in [0.29, 0.717) is 21.6 Å². The second-order valence-electron chi connectivity index (χ2n) is 5.40. The van der Waals surface area contributed by atoms with Crippen LogP contribution in [0.25, 0.3) is 0 Å². The highest BCUT2D eigenvalue weighted by molar-refractivity contribution is 7.99. The molecule has 1 aromatic carbocycles. The number of anilines is 1. The third-order valence-electron chi connectivity index (χ3n) is 3.38. The molecular formula is C16H13Cl2N5O2S2. The largest absolute Gasteiger partial charge is 0.301 e. The Morgan fingerprint density at radius 1 is 1.33 bits per heavy atom. The first-order valence-corrected chi connectivity index (χ1v) is 10.2. The van der Waals surface area contributed by atoms with Crippen molar-refractivity contribution in [2.75, 3.05) is 11.1 Å². The molecule has 0 saturated carbocycles. The summed E-state index contributed by atoms with van der Waals surface area (Å²) in [5.41, 5.74) is 0.847. The van der Waals surface area contributed by atoms with Gasteiger partial charge in [-0.3, -0.25) is 14.6 Å². The number of H-pyrrole nitrogens is 1. The van der Waals surface area contributed by atoms with Crippen molar-refractivity contribution in [3.05, 3.63) is 60.9 Å². The molecule has 0 radical (unpaired) electrons. The maximum absolute atomic E-state index is 12.1. The minimum absolute atomic E-state index is 0.0721. The number of aryl methyl sites for hydroxylation is 1. The number of thiazole rings is 1. The molecule has 3 rings (SSSR count). The summed E-state index contributed by atoms with van der Waals surface area (Å²) in [6, 6.07) is 5.46. The molecule has 0 bridgehead atoms. The lowest BCUT2D eigenvalue weighted by Gasteiger charge is -2.03. The fraction of sp³-hybridized carbons (Fsp3) is 0.188. The van der Waals surface area contributed by atoms with E-state index < -0.39 is 0 Å². The van der Waals surface area contributed by atoms with Crippen molar-refractivity contribution in [2.45, 2.75) is 18.5 Å². The number of rotatable bonds is 6. The van der Waals surface area contributed by atoms with Gasteiger partial charge in [0.25, 0.3) is 5.56 Å². The third-order valence-corrected chi connectivity index (χ3v) is 6.01. The van der Waals surface area contributed by atoms with Gasteiger partial charge in [-0.2, -0.15) is 0 Å². The molecule has 0 spiro atoms. The molecule has 3 aromatic rings. The Labute approximate surface area is 172 Å². The van der Waals surface area contributed by atoms with Crippen LogP contribution in [0.3, 0.4) is 0 Å². The monoisotopic (exact) mass is 441 g/mol. The molecular weight excluding hydrogens is 429 g/mol. The van der Waals surface area contributed by atoms with Crippen molar-refractivity contribution >= 4 is 57.3 Å². The first-order chi connectivity index (χ1) is 12.9. The van der Waals surface area contributed by atoms with E-state index in [-0.39, 0.29) is 28.1 Å². The Morgan fingerprint density at radius 2 is 2.15 bits per heavy atom. The first-order valence-electron chi connectivity index (χ1n) is 7.66. The maximum Gasteiger partial charge on any atom is 0.273 e. The zero-order valence-electron chi connectivity index (χ0n) is 14.0. The number of aromatic amines is 1. The number of carbonyl (C=O) groups excluding carboxylic acids is 1. The highest BCUT2D eigenvalue weighted by Gasteiger charge is 2.11. The zero-order chi connectivity index (χ0) is 19.4. The van der Waals surface area contributed by atoms with E-state index in [4.69, 9.17) is 23.2 Å². The lowest BCUT2D eigenvalue weighted by atomic mass is 10.1. The lowest BCUT2D eigenvalue weighted by Crippen LogP contribution is -2.17. The minimum Gasteiger partial charge on any atom is -0.301 e. The van der Waals surface area contributed by atoms with Gasteiger partial charge < -0.3 is 5.32 Å². The van der Waals surface area contributed by atoms with E-state index >= 15 is 0 Å². The van der Waals surface area contributed by atoms with Gasteiger partial charge in [0.15, 0.2) is 10.3 Å². The fourth-order valence-electron chi connectivity index (χ4n) is 2.05. The molecule has 7 nitrogen and oxygen atoms in total. The van der Waals surface area contributed by atoms with Gasteiger partial charge in [-0.25, -0.2) is 4.98 Å². The van der Waals surface area contributed by atoms with Gasteiger partial charge >= 0.3 is 0 Å². The molecule has 0 aliphatic rings. The summed E-state index contributed by atoms with van der Waals surface area (Å²) in [4.78, 5) is 31.2. The molecule has 1 amide bonds. The molecule has 2 N–H and O–H groups in total. The maximum atomic E-state index is 12.1. The van der Waals surface area contributed by atoms with E-state index in [1.807, 2.05) is 12.1 Å². The molecule has 0 unspecified atom stereocenters. The Balaban J connectivity index is 1.56. The molecule has 0 saturated heterocycles. The summed E-state index contributed by atoms with van der Waals surface area (Å²) in [7, 11) is 0. The number of halogens is 2. The van der Waals surface area contributed by atoms with E-state index in [0.717, 1.165) is 22.2 Å². The van der Waals surface area contributed by atoms with Crippen molar-refractivity contribution in [1.29, 1.82) is 0 Å². The van der Waals surface area contributed by atoms with Crippen LogP contribution in [0.15, 0.2) is 34.3 Å². The van der Waals surface area contributed by atoms with Crippen molar-refractivity contribution in [3.8, 4) is 0 Å². The van der Waals surface area contributed by atoms with Crippen LogP contribution in [0.5, 0.6) is 0 Å². The number of benzene rings is 1. The number of thioether (sulfide) groups is 1. The first kappa shape index (κ1) is 19.8. The van der Waals surface area contributed by atoms with Crippen LogP contribution < -0.4 is 10.9 Å². The normalized spacial score (nSPS) is 10.8. The lowest BCUT2D eigenvalue weighted by molar-refractivity contribution is -0.113. The van der Waals surface area contributed by atoms with E-state index in [9.17, 15) is 9.59 Å². The smallest absolute Gasteiger partial charge is 0.273 e. The standard InChI is InChI=1S/C16H13Cl2N5O2S2/c1-8-14(25)21-16(23-22-8)26-7-12(24)20-15-19-6-10(27-15)5-9-3-2-4-11(17)13(9)18/h2-4,6H,5,7H2,1H3,(H,19,20,24)(H,21,23,25). The SMILES string of the molecule is Cc1nnc(SCC(=O)Nc2ncc(Cc3cccc(Cl)c3Cl)s2)[nH]c1=O. The summed E-state index contributed by atoms with van der Waals surface area (Å²) >= 11 is 14.7. The van der Waals surface area contributed by atoms with Gasteiger partial charge in [-0.05, 0) is 18.6 Å². The van der Waals surface area contributed by atoms with Crippen LogP contribution in [0.2, 0.25) is 10.0 Å². The number of hydrogen-bond acceptors (Lipinski definition) is 7. The average molecular weight is 442 g/mol. The Hall–Kier alpha value is -1.94. The second kappa shape index (κ2) is 8.83. The highest BCUT2D eigenvalue weighted by atomic mass is 35.5. The predicted octanol–water partition coefficient (Wildman–Crippen LogP) is 3.56. The molecule has 2 heterocycles. The van der Waals surface area contributed by atoms with Crippen molar-refractivity contribution in [3.63, 3.8) is 0 Å². The molecule has 0 atom stereocenters. The van der Waals surface area contributed by atoms with Crippen LogP contribution in [0.1, 0.15) is 16.1 Å². The molecule has 140 valence electrons. The molecule has 11 heteroatoms. The number of nitrogens with one attached hydrogen (secondary N) is 2. The van der Waals surface area contributed by atoms with Gasteiger partial charge in [-0.1, -0.05) is 47.1 Å². The number of aromatic nitrogens is 4. The number of nitrogens with zero attached hydrogens (tertiary/aromatic N) is 3.